The lowest BCUT2D eigenvalue weighted by Crippen LogP contribution is -2.03. The second-order valence-electron chi connectivity index (χ2n) is 4.11. The van der Waals surface area contributed by atoms with Crippen LogP contribution in [0.25, 0.3) is 10.9 Å². The van der Waals surface area contributed by atoms with Crippen molar-refractivity contribution in [3.63, 3.8) is 0 Å². The number of hydrogen-bond acceptors (Lipinski definition) is 3. The van der Waals surface area contributed by atoms with E-state index in [1.165, 1.54) is 6.20 Å². The van der Waals surface area contributed by atoms with E-state index in [0.717, 1.165) is 10.9 Å². The van der Waals surface area contributed by atoms with Crippen LogP contribution in [0, 0.1) is 0 Å². The Morgan fingerprint density at radius 1 is 1.25 bits per heavy atom. The van der Waals surface area contributed by atoms with Gasteiger partial charge >= 0.3 is 0 Å². The number of carbonyl (C=O) groups is 1. The summed E-state index contributed by atoms with van der Waals surface area (Å²) >= 11 is 8.05. The maximum Gasteiger partial charge on any atom is 0.211 e. The number of hydrogen-bond donors (Lipinski definition) is 0. The molecule has 100 valence electrons. The molecule has 0 saturated heterocycles. The zero-order valence-electron chi connectivity index (χ0n) is 10.0. The van der Waals surface area contributed by atoms with Crippen LogP contribution in [0.1, 0.15) is 16.1 Å². The van der Waals surface area contributed by atoms with E-state index in [4.69, 9.17) is 11.6 Å². The van der Waals surface area contributed by atoms with Gasteiger partial charge in [-0.1, -0.05) is 11.6 Å². The largest absolute Gasteiger partial charge is 0.287 e. The topological polar surface area (TPSA) is 47.8 Å². The lowest BCUT2D eigenvalue weighted by Gasteiger charge is -2.02. The van der Waals surface area contributed by atoms with Crippen molar-refractivity contribution in [3.05, 3.63) is 59.0 Å². The first kappa shape index (κ1) is 13.9. The lowest BCUT2D eigenvalue weighted by molar-refractivity contribution is 0.103. The Labute approximate surface area is 134 Å². The number of halogens is 2. The third-order valence-electron chi connectivity index (χ3n) is 2.87. The Balaban J connectivity index is 2.01. The zero-order valence-corrected chi connectivity index (χ0v) is 14.0. The van der Waals surface area contributed by atoms with Gasteiger partial charge in [-0.2, -0.15) is 5.10 Å². The van der Waals surface area contributed by atoms with Gasteiger partial charge in [-0.05, 0) is 52.4 Å². The highest BCUT2D eigenvalue weighted by Crippen LogP contribution is 2.28. The SMILES string of the molecule is O=C(c1ccc2c(cnn2PI)c1)c1ccc(Cl)cn1. The second kappa shape index (κ2) is 5.76. The highest BCUT2D eigenvalue weighted by molar-refractivity contribution is 14.2. The van der Waals surface area contributed by atoms with Crippen LogP contribution in [-0.4, -0.2) is 20.3 Å². The predicted octanol–water partition coefficient (Wildman–Crippen LogP) is 4.11. The number of aromatic nitrogens is 3. The summed E-state index contributed by atoms with van der Waals surface area (Å²) in [4.78, 5) is 16.4. The number of benzene rings is 1. The van der Waals surface area contributed by atoms with Crippen LogP contribution in [0.3, 0.4) is 0 Å². The van der Waals surface area contributed by atoms with Gasteiger partial charge in [-0.25, -0.2) is 4.45 Å². The van der Waals surface area contributed by atoms with Crippen LogP contribution < -0.4 is 0 Å². The first-order valence-corrected chi connectivity index (χ1v) is 10.1. The number of ketones is 1. The molecule has 7 heteroatoms. The molecule has 0 saturated carbocycles. The third kappa shape index (κ3) is 2.57. The molecule has 3 rings (SSSR count). The first-order chi connectivity index (χ1) is 9.69. The minimum atomic E-state index is -0.117. The van der Waals surface area contributed by atoms with Crippen molar-refractivity contribution in [1.82, 2.24) is 14.5 Å². The standard InChI is InChI=1S/C13H8ClIN3OP/c14-10-2-3-11(16-7-10)13(19)8-1-4-12-9(5-8)6-17-18(12)20-15/h1-7,20H. The van der Waals surface area contributed by atoms with Crippen LogP contribution in [0.5, 0.6) is 0 Å². The molecule has 0 fully saturated rings. The molecule has 1 aromatic carbocycles. The van der Waals surface area contributed by atoms with E-state index < -0.39 is 0 Å². The van der Waals surface area contributed by atoms with Gasteiger partial charge in [0.2, 0.25) is 5.78 Å². The fraction of sp³-hybridized carbons (Fsp3) is 0. The van der Waals surface area contributed by atoms with Gasteiger partial charge in [-0.3, -0.25) is 9.78 Å². The van der Waals surface area contributed by atoms with Crippen LogP contribution in [0.4, 0.5) is 0 Å². The predicted molar refractivity (Wildman–Crippen MR) is 90.1 cm³/mol. The number of pyridine rings is 1. The summed E-state index contributed by atoms with van der Waals surface area (Å²) < 4.78 is 1.91. The maximum atomic E-state index is 12.3. The molecule has 3 aromatic rings. The van der Waals surface area contributed by atoms with Gasteiger partial charge < -0.3 is 0 Å². The van der Waals surface area contributed by atoms with E-state index in [2.05, 4.69) is 32.1 Å². The summed E-state index contributed by atoms with van der Waals surface area (Å²) in [7, 11) is 0. The van der Waals surface area contributed by atoms with E-state index in [9.17, 15) is 4.79 Å². The summed E-state index contributed by atoms with van der Waals surface area (Å²) in [6, 6.07) is 8.85. The van der Waals surface area contributed by atoms with Crippen molar-refractivity contribution in [1.29, 1.82) is 0 Å². The van der Waals surface area contributed by atoms with Gasteiger partial charge in [0, 0.05) is 17.1 Å². The molecule has 0 spiro atoms. The fourth-order valence-corrected chi connectivity index (χ4v) is 3.56. The van der Waals surface area contributed by atoms with Gasteiger partial charge in [0.15, 0.2) is 0 Å². The summed E-state index contributed by atoms with van der Waals surface area (Å²) in [6.07, 6.45) is 3.78. The monoisotopic (exact) mass is 415 g/mol. The average Bonchev–Trinajstić information content (AvgIpc) is 2.89. The van der Waals surface area contributed by atoms with Crippen LogP contribution >= 0.6 is 40.0 Å². The Bertz CT molecular complexity index is 788. The third-order valence-corrected chi connectivity index (χ3v) is 4.98. The van der Waals surface area contributed by atoms with E-state index in [1.807, 2.05) is 16.6 Å². The first-order valence-electron chi connectivity index (χ1n) is 5.70. The molecular formula is C13H8ClIN3OP. The van der Waals surface area contributed by atoms with Crippen LogP contribution in [-0.2, 0) is 0 Å². The number of nitrogens with zero attached hydrogens (tertiary/aromatic N) is 3. The van der Waals surface area contributed by atoms with Crippen LogP contribution in [0.2, 0.25) is 5.02 Å². The van der Waals surface area contributed by atoms with E-state index >= 15 is 0 Å². The molecule has 1 atom stereocenters. The van der Waals surface area contributed by atoms with Gasteiger partial charge in [0.25, 0.3) is 0 Å². The summed E-state index contributed by atoms with van der Waals surface area (Å²) in [6.45, 7) is 0. The highest BCUT2D eigenvalue weighted by atomic mass is 127. The molecule has 0 N–H and O–H groups in total. The molecule has 1 unspecified atom stereocenters. The normalized spacial score (nSPS) is 11.5. The zero-order chi connectivity index (χ0) is 14.1. The Morgan fingerprint density at radius 3 is 2.80 bits per heavy atom. The molecule has 2 heterocycles. The molecule has 0 bridgehead atoms. The quantitative estimate of drug-likeness (QED) is 0.367. The Morgan fingerprint density at radius 2 is 2.10 bits per heavy atom. The molecule has 0 aliphatic heterocycles. The number of rotatable bonds is 3. The molecule has 0 radical (unpaired) electrons. The van der Waals surface area contributed by atoms with Gasteiger partial charge in [0.05, 0.1) is 23.1 Å². The summed E-state index contributed by atoms with van der Waals surface area (Å²) in [5, 5.41) is 5.74. The molecule has 0 aliphatic rings. The minimum Gasteiger partial charge on any atom is -0.287 e. The van der Waals surface area contributed by atoms with E-state index in [1.54, 1.807) is 24.4 Å². The van der Waals surface area contributed by atoms with E-state index in [-0.39, 0.29) is 5.78 Å². The second-order valence-corrected chi connectivity index (χ2v) is 6.58. The summed E-state index contributed by atoms with van der Waals surface area (Å²) in [5.74, 6) is -0.117. The summed E-state index contributed by atoms with van der Waals surface area (Å²) in [5.41, 5.74) is 2.01. The lowest BCUT2D eigenvalue weighted by atomic mass is 10.1. The smallest absolute Gasteiger partial charge is 0.211 e. The Hall–Kier alpha value is -1.04. The molecular weight excluding hydrogens is 407 g/mol. The molecule has 0 aliphatic carbocycles. The fourth-order valence-electron chi connectivity index (χ4n) is 1.90. The van der Waals surface area contributed by atoms with Crippen LogP contribution in [0.15, 0.2) is 42.7 Å². The molecule has 4 nitrogen and oxygen atoms in total. The minimum absolute atomic E-state index is 0.117. The van der Waals surface area contributed by atoms with Crippen molar-refractivity contribution in [2.45, 2.75) is 0 Å². The van der Waals surface area contributed by atoms with Crippen molar-refractivity contribution >= 4 is 56.7 Å². The highest BCUT2D eigenvalue weighted by Gasteiger charge is 2.12. The molecule has 20 heavy (non-hydrogen) atoms. The van der Waals surface area contributed by atoms with Gasteiger partial charge in [0.1, 0.15) is 5.69 Å². The molecule has 2 aromatic heterocycles. The number of fused-ring (bicyclic) bond motifs is 1. The van der Waals surface area contributed by atoms with Crippen molar-refractivity contribution in [3.8, 4) is 0 Å². The average molecular weight is 416 g/mol. The number of carbonyl (C=O) groups excluding carboxylic acids is 1. The van der Waals surface area contributed by atoms with Gasteiger partial charge in [-0.15, -0.1) is 0 Å². The van der Waals surface area contributed by atoms with Crippen molar-refractivity contribution in [2.75, 3.05) is 0 Å². The molecule has 0 amide bonds. The van der Waals surface area contributed by atoms with Crippen molar-refractivity contribution in [2.24, 2.45) is 0 Å². The van der Waals surface area contributed by atoms with Crippen molar-refractivity contribution < 1.29 is 4.79 Å². The van der Waals surface area contributed by atoms with E-state index in [0.29, 0.717) is 22.7 Å². The maximum absolute atomic E-state index is 12.3. The Kier molecular flexibility index (Phi) is 4.01.